The smallest absolute Gasteiger partial charge is 0.243 e. The SMILES string of the molecule is C=CC(=O)NCC(CCC)[N+](C)(C)C.[Cl-]. The first-order valence-corrected chi connectivity index (χ1v) is 5.13. The lowest BCUT2D eigenvalue weighted by atomic mass is 10.1. The van der Waals surface area contributed by atoms with Crippen LogP contribution in [0.1, 0.15) is 19.8 Å². The number of nitrogens with one attached hydrogen (secondary N) is 1. The molecule has 0 fully saturated rings. The number of halogens is 1. The van der Waals surface area contributed by atoms with Crippen LogP contribution >= 0.6 is 0 Å². The van der Waals surface area contributed by atoms with Crippen molar-refractivity contribution in [1.82, 2.24) is 5.32 Å². The van der Waals surface area contributed by atoms with Gasteiger partial charge in [-0.3, -0.25) is 4.79 Å². The molecule has 0 radical (unpaired) electrons. The highest BCUT2D eigenvalue weighted by molar-refractivity contribution is 5.86. The van der Waals surface area contributed by atoms with E-state index in [0.717, 1.165) is 23.9 Å². The van der Waals surface area contributed by atoms with Crippen LogP contribution in [0.4, 0.5) is 0 Å². The molecular formula is C11H23ClN2O. The molecule has 0 aromatic heterocycles. The van der Waals surface area contributed by atoms with Crippen molar-refractivity contribution < 1.29 is 21.7 Å². The number of nitrogens with zero attached hydrogens (tertiary/aromatic N) is 1. The van der Waals surface area contributed by atoms with Crippen LogP contribution in [-0.4, -0.2) is 44.1 Å². The van der Waals surface area contributed by atoms with E-state index in [1.54, 1.807) is 0 Å². The topological polar surface area (TPSA) is 29.1 Å². The molecule has 1 atom stereocenters. The number of carbonyl (C=O) groups excluding carboxylic acids is 1. The second-order valence-electron chi connectivity index (χ2n) is 4.51. The molecule has 0 rings (SSSR count). The van der Waals surface area contributed by atoms with Crippen LogP contribution in [0.5, 0.6) is 0 Å². The number of carbonyl (C=O) groups is 1. The number of hydrogen-bond acceptors (Lipinski definition) is 1. The second kappa shape index (κ2) is 7.71. The van der Waals surface area contributed by atoms with Crippen molar-refractivity contribution in [2.75, 3.05) is 27.7 Å². The summed E-state index contributed by atoms with van der Waals surface area (Å²) in [4.78, 5) is 11.0. The molecule has 0 aliphatic carbocycles. The summed E-state index contributed by atoms with van der Waals surface area (Å²) in [5, 5.41) is 2.85. The predicted molar refractivity (Wildman–Crippen MR) is 59.9 cm³/mol. The lowest BCUT2D eigenvalue weighted by Gasteiger charge is -2.34. The fourth-order valence-corrected chi connectivity index (χ4v) is 1.39. The number of hydrogen-bond donors (Lipinski definition) is 1. The fourth-order valence-electron chi connectivity index (χ4n) is 1.39. The third-order valence-electron chi connectivity index (χ3n) is 2.41. The van der Waals surface area contributed by atoms with E-state index < -0.39 is 0 Å². The van der Waals surface area contributed by atoms with E-state index in [9.17, 15) is 4.79 Å². The highest BCUT2D eigenvalue weighted by Crippen LogP contribution is 2.08. The van der Waals surface area contributed by atoms with Crippen molar-refractivity contribution in [3.05, 3.63) is 12.7 Å². The van der Waals surface area contributed by atoms with E-state index in [-0.39, 0.29) is 18.3 Å². The molecule has 90 valence electrons. The quantitative estimate of drug-likeness (QED) is 0.425. The third kappa shape index (κ3) is 7.40. The Morgan fingerprint density at radius 1 is 1.47 bits per heavy atom. The lowest BCUT2D eigenvalue weighted by Crippen LogP contribution is -3.00. The van der Waals surface area contributed by atoms with Gasteiger partial charge in [-0.25, -0.2) is 0 Å². The normalized spacial score (nSPS) is 12.5. The van der Waals surface area contributed by atoms with Crippen molar-refractivity contribution in [2.45, 2.75) is 25.8 Å². The van der Waals surface area contributed by atoms with Crippen LogP contribution in [0.15, 0.2) is 12.7 Å². The minimum atomic E-state index is -0.0837. The summed E-state index contributed by atoms with van der Waals surface area (Å²) in [6.07, 6.45) is 3.59. The average molecular weight is 235 g/mol. The Morgan fingerprint density at radius 3 is 2.33 bits per heavy atom. The van der Waals surface area contributed by atoms with Crippen LogP contribution in [0.25, 0.3) is 0 Å². The molecule has 1 amide bonds. The van der Waals surface area contributed by atoms with Gasteiger partial charge in [-0.05, 0) is 6.08 Å². The maximum absolute atomic E-state index is 11.0. The number of quaternary nitrogens is 1. The van der Waals surface area contributed by atoms with E-state index in [0.29, 0.717) is 6.04 Å². The molecular weight excluding hydrogens is 212 g/mol. The van der Waals surface area contributed by atoms with Gasteiger partial charge in [0.2, 0.25) is 5.91 Å². The third-order valence-corrected chi connectivity index (χ3v) is 2.41. The fraction of sp³-hybridized carbons (Fsp3) is 0.727. The summed E-state index contributed by atoms with van der Waals surface area (Å²) in [5.41, 5.74) is 0. The highest BCUT2D eigenvalue weighted by atomic mass is 35.5. The molecule has 1 unspecified atom stereocenters. The van der Waals surface area contributed by atoms with Crippen molar-refractivity contribution in [2.24, 2.45) is 0 Å². The first-order valence-electron chi connectivity index (χ1n) is 5.13. The van der Waals surface area contributed by atoms with E-state index in [1.807, 2.05) is 0 Å². The molecule has 1 N–H and O–H groups in total. The van der Waals surface area contributed by atoms with Crippen molar-refractivity contribution in [3.63, 3.8) is 0 Å². The molecule has 0 aromatic rings. The van der Waals surface area contributed by atoms with Gasteiger partial charge in [0.25, 0.3) is 0 Å². The Hall–Kier alpha value is -0.540. The first kappa shape index (κ1) is 16.9. The Balaban J connectivity index is 0. The van der Waals surface area contributed by atoms with Crippen LogP contribution in [0, 0.1) is 0 Å². The predicted octanol–water partition coefficient (Wildman–Crippen LogP) is -1.83. The van der Waals surface area contributed by atoms with Crippen LogP contribution < -0.4 is 17.7 Å². The van der Waals surface area contributed by atoms with Gasteiger partial charge in [0.1, 0.15) is 6.04 Å². The first-order chi connectivity index (χ1) is 6.41. The summed E-state index contributed by atoms with van der Waals surface area (Å²) in [5.74, 6) is -0.0837. The molecule has 0 bridgehead atoms. The summed E-state index contributed by atoms with van der Waals surface area (Å²) in [6.45, 7) is 6.32. The highest BCUT2D eigenvalue weighted by Gasteiger charge is 2.22. The Kier molecular flexibility index (Phi) is 8.68. The molecule has 0 spiro atoms. The van der Waals surface area contributed by atoms with Gasteiger partial charge >= 0.3 is 0 Å². The van der Waals surface area contributed by atoms with Gasteiger partial charge < -0.3 is 22.2 Å². The largest absolute Gasteiger partial charge is 1.00 e. The van der Waals surface area contributed by atoms with E-state index in [2.05, 4.69) is 40.0 Å². The molecule has 0 saturated carbocycles. The minimum absolute atomic E-state index is 0. The van der Waals surface area contributed by atoms with Crippen LogP contribution in [0.3, 0.4) is 0 Å². The van der Waals surface area contributed by atoms with Gasteiger partial charge in [-0.1, -0.05) is 19.9 Å². The van der Waals surface area contributed by atoms with Gasteiger partial charge in [-0.15, -0.1) is 0 Å². The van der Waals surface area contributed by atoms with Crippen LogP contribution in [0.2, 0.25) is 0 Å². The maximum Gasteiger partial charge on any atom is 0.243 e. The maximum atomic E-state index is 11.0. The van der Waals surface area contributed by atoms with Gasteiger partial charge in [0.05, 0.1) is 27.7 Å². The molecule has 0 aliphatic rings. The number of amides is 1. The standard InChI is InChI=1S/C11H22N2O.ClH/c1-6-8-10(13(3,4)5)9-12-11(14)7-2;/h7,10H,2,6,8-9H2,1,3-5H3;1H. The molecule has 0 aromatic carbocycles. The van der Waals surface area contributed by atoms with E-state index in [1.165, 1.54) is 6.08 Å². The molecule has 15 heavy (non-hydrogen) atoms. The average Bonchev–Trinajstić information content (AvgIpc) is 2.09. The van der Waals surface area contributed by atoms with Crippen molar-refractivity contribution >= 4 is 5.91 Å². The number of rotatable bonds is 6. The summed E-state index contributed by atoms with van der Waals surface area (Å²) in [6, 6.07) is 0.476. The van der Waals surface area contributed by atoms with E-state index >= 15 is 0 Å². The van der Waals surface area contributed by atoms with Gasteiger partial charge in [0, 0.05) is 6.42 Å². The summed E-state index contributed by atoms with van der Waals surface area (Å²) < 4.78 is 0.880. The van der Waals surface area contributed by atoms with Crippen molar-refractivity contribution in [1.29, 1.82) is 0 Å². The van der Waals surface area contributed by atoms with Gasteiger partial charge in [0.15, 0.2) is 0 Å². The zero-order valence-corrected chi connectivity index (χ0v) is 11.0. The molecule has 4 heteroatoms. The molecule has 0 saturated heterocycles. The monoisotopic (exact) mass is 234 g/mol. The minimum Gasteiger partial charge on any atom is -1.00 e. The van der Waals surface area contributed by atoms with Crippen LogP contribution in [-0.2, 0) is 4.79 Å². The summed E-state index contributed by atoms with van der Waals surface area (Å²) >= 11 is 0. The Labute approximate surface area is 99.5 Å². The zero-order valence-electron chi connectivity index (χ0n) is 10.2. The van der Waals surface area contributed by atoms with Crippen molar-refractivity contribution in [3.8, 4) is 0 Å². The number of likely N-dealkylation sites (N-methyl/N-ethyl adjacent to an activating group) is 1. The second-order valence-corrected chi connectivity index (χ2v) is 4.51. The summed E-state index contributed by atoms with van der Waals surface area (Å²) in [7, 11) is 6.46. The Morgan fingerprint density at radius 2 is 2.00 bits per heavy atom. The molecule has 3 nitrogen and oxygen atoms in total. The van der Waals surface area contributed by atoms with Gasteiger partial charge in [-0.2, -0.15) is 0 Å². The molecule has 0 aliphatic heterocycles. The zero-order chi connectivity index (χ0) is 11.2. The lowest BCUT2D eigenvalue weighted by molar-refractivity contribution is -0.895. The van der Waals surface area contributed by atoms with E-state index in [4.69, 9.17) is 0 Å². The molecule has 0 heterocycles. The Bertz CT molecular complexity index is 199.